The maximum absolute atomic E-state index is 12.7. The van der Waals surface area contributed by atoms with Crippen molar-refractivity contribution in [2.75, 3.05) is 5.01 Å². The predicted octanol–water partition coefficient (Wildman–Crippen LogP) is 4.51. The van der Waals surface area contributed by atoms with Crippen LogP contribution >= 0.6 is 11.3 Å². The number of carbonyl (C=O) groups excluding carboxylic acids is 1. The zero-order valence-electron chi connectivity index (χ0n) is 14.0. The minimum Gasteiger partial charge on any atom is -0.272 e. The molecule has 0 saturated heterocycles. The summed E-state index contributed by atoms with van der Waals surface area (Å²) in [5.41, 5.74) is 3.72. The lowest BCUT2D eigenvalue weighted by Gasteiger charge is -2.07. The van der Waals surface area contributed by atoms with E-state index in [9.17, 15) is 4.79 Å². The summed E-state index contributed by atoms with van der Waals surface area (Å²) in [6.45, 7) is 3.92. The standard InChI is InChI=1S/C20H17N3OS/c1-13-17(15-9-5-3-6-10-15)22-23(19(13)24)20-21-18(14(2)25-20)16-11-7-4-8-12-16/h3-13H,1-2H3/t13-/m1/s1. The van der Waals surface area contributed by atoms with Crippen LogP contribution in [0.25, 0.3) is 11.3 Å². The monoisotopic (exact) mass is 347 g/mol. The molecule has 0 fully saturated rings. The van der Waals surface area contributed by atoms with Crippen molar-refractivity contribution in [3.05, 3.63) is 71.1 Å². The molecule has 124 valence electrons. The number of amides is 1. The molecule has 3 aromatic rings. The third kappa shape index (κ3) is 2.76. The van der Waals surface area contributed by atoms with Crippen LogP contribution in [0.5, 0.6) is 0 Å². The van der Waals surface area contributed by atoms with Gasteiger partial charge in [0.2, 0.25) is 5.13 Å². The molecule has 0 spiro atoms. The minimum absolute atomic E-state index is 0.0350. The number of anilines is 1. The van der Waals surface area contributed by atoms with Crippen molar-refractivity contribution < 1.29 is 4.79 Å². The number of benzene rings is 2. The van der Waals surface area contributed by atoms with Crippen LogP contribution in [0.1, 0.15) is 17.4 Å². The van der Waals surface area contributed by atoms with Crippen LogP contribution in [0.3, 0.4) is 0 Å². The van der Waals surface area contributed by atoms with Crippen LogP contribution in [-0.2, 0) is 4.79 Å². The maximum Gasteiger partial charge on any atom is 0.258 e. The van der Waals surface area contributed by atoms with Crippen LogP contribution in [0.4, 0.5) is 5.13 Å². The first-order valence-electron chi connectivity index (χ1n) is 8.16. The number of hydrazone groups is 1. The van der Waals surface area contributed by atoms with Crippen molar-refractivity contribution in [3.63, 3.8) is 0 Å². The number of carbonyl (C=O) groups is 1. The van der Waals surface area contributed by atoms with Gasteiger partial charge in [-0.25, -0.2) is 4.98 Å². The molecular weight excluding hydrogens is 330 g/mol. The van der Waals surface area contributed by atoms with Gasteiger partial charge in [0.25, 0.3) is 5.91 Å². The summed E-state index contributed by atoms with van der Waals surface area (Å²) in [6, 6.07) is 19.8. The topological polar surface area (TPSA) is 45.6 Å². The lowest BCUT2D eigenvalue weighted by atomic mass is 9.99. The molecule has 0 unspecified atom stereocenters. The Balaban J connectivity index is 1.73. The van der Waals surface area contributed by atoms with Gasteiger partial charge >= 0.3 is 0 Å². The van der Waals surface area contributed by atoms with Gasteiger partial charge in [-0.2, -0.15) is 10.1 Å². The molecule has 0 N–H and O–H groups in total. The van der Waals surface area contributed by atoms with Crippen molar-refractivity contribution in [3.8, 4) is 11.3 Å². The second kappa shape index (κ2) is 6.26. The number of nitrogens with zero attached hydrogens (tertiary/aromatic N) is 3. The van der Waals surface area contributed by atoms with Crippen LogP contribution in [0.15, 0.2) is 65.8 Å². The smallest absolute Gasteiger partial charge is 0.258 e. The molecule has 1 aliphatic heterocycles. The molecule has 1 atom stereocenters. The summed E-state index contributed by atoms with van der Waals surface area (Å²) in [4.78, 5) is 18.5. The molecule has 2 heterocycles. The zero-order chi connectivity index (χ0) is 17.4. The van der Waals surface area contributed by atoms with Gasteiger partial charge in [0.1, 0.15) is 0 Å². The molecule has 0 bridgehead atoms. The highest BCUT2D eigenvalue weighted by Crippen LogP contribution is 2.35. The van der Waals surface area contributed by atoms with E-state index in [2.05, 4.69) is 5.10 Å². The summed E-state index contributed by atoms with van der Waals surface area (Å²) in [5.74, 6) is -0.306. The van der Waals surface area contributed by atoms with Crippen molar-refractivity contribution >= 4 is 28.1 Å². The van der Waals surface area contributed by atoms with Gasteiger partial charge in [-0.05, 0) is 19.4 Å². The van der Waals surface area contributed by atoms with E-state index in [1.165, 1.54) is 16.3 Å². The van der Waals surface area contributed by atoms with E-state index in [1.807, 2.05) is 74.5 Å². The Kier molecular flexibility index (Phi) is 3.93. The summed E-state index contributed by atoms with van der Waals surface area (Å²) in [7, 11) is 0. The van der Waals surface area contributed by atoms with E-state index in [0.717, 1.165) is 27.4 Å². The highest BCUT2D eigenvalue weighted by atomic mass is 32.1. The number of aromatic nitrogens is 1. The first-order chi connectivity index (χ1) is 12.1. The van der Waals surface area contributed by atoms with Crippen LogP contribution < -0.4 is 5.01 Å². The van der Waals surface area contributed by atoms with Crippen molar-refractivity contribution in [1.82, 2.24) is 4.98 Å². The van der Waals surface area contributed by atoms with Crippen LogP contribution in [0.2, 0.25) is 0 Å². The van der Waals surface area contributed by atoms with Crippen LogP contribution in [0, 0.1) is 12.8 Å². The summed E-state index contributed by atoms with van der Waals surface area (Å²) in [5, 5.41) is 6.67. The van der Waals surface area contributed by atoms with Crippen molar-refractivity contribution in [1.29, 1.82) is 0 Å². The third-order valence-electron chi connectivity index (χ3n) is 4.28. The van der Waals surface area contributed by atoms with Gasteiger partial charge in [-0.15, -0.1) is 0 Å². The van der Waals surface area contributed by atoms with Gasteiger partial charge in [0, 0.05) is 10.4 Å². The Bertz CT molecular complexity index is 948. The molecule has 25 heavy (non-hydrogen) atoms. The normalized spacial score (nSPS) is 17.0. The second-order valence-corrected chi connectivity index (χ2v) is 7.17. The Morgan fingerprint density at radius 2 is 1.56 bits per heavy atom. The van der Waals surface area contributed by atoms with E-state index < -0.39 is 0 Å². The lowest BCUT2D eigenvalue weighted by Crippen LogP contribution is -2.25. The molecule has 0 saturated carbocycles. The molecule has 0 aliphatic carbocycles. The molecule has 2 aromatic carbocycles. The largest absolute Gasteiger partial charge is 0.272 e. The highest BCUT2D eigenvalue weighted by Gasteiger charge is 2.35. The molecule has 1 aliphatic rings. The van der Waals surface area contributed by atoms with Gasteiger partial charge in [-0.1, -0.05) is 72.0 Å². The number of thiazole rings is 1. The van der Waals surface area contributed by atoms with E-state index in [-0.39, 0.29) is 11.8 Å². The molecule has 0 radical (unpaired) electrons. The third-order valence-corrected chi connectivity index (χ3v) is 5.23. The fourth-order valence-electron chi connectivity index (χ4n) is 2.93. The fourth-order valence-corrected chi connectivity index (χ4v) is 3.82. The van der Waals surface area contributed by atoms with Gasteiger partial charge in [-0.3, -0.25) is 4.79 Å². The first kappa shape index (κ1) is 15.7. The molecular formula is C20H17N3OS. The number of rotatable bonds is 3. The first-order valence-corrected chi connectivity index (χ1v) is 8.97. The number of hydrogen-bond acceptors (Lipinski definition) is 4. The van der Waals surface area contributed by atoms with E-state index >= 15 is 0 Å². The quantitative estimate of drug-likeness (QED) is 0.700. The van der Waals surface area contributed by atoms with E-state index in [1.54, 1.807) is 0 Å². The molecule has 5 heteroatoms. The molecule has 4 nitrogen and oxygen atoms in total. The molecule has 1 amide bonds. The summed E-state index contributed by atoms with van der Waals surface area (Å²) in [6.07, 6.45) is 0. The molecule has 1 aromatic heterocycles. The Morgan fingerprint density at radius 1 is 0.960 bits per heavy atom. The van der Waals surface area contributed by atoms with Crippen LogP contribution in [-0.4, -0.2) is 16.6 Å². The summed E-state index contributed by atoms with van der Waals surface area (Å²) < 4.78 is 0. The number of hydrogen-bond donors (Lipinski definition) is 0. The van der Waals surface area contributed by atoms with Gasteiger partial charge < -0.3 is 0 Å². The predicted molar refractivity (Wildman–Crippen MR) is 102 cm³/mol. The SMILES string of the molecule is Cc1sc(N2N=C(c3ccccc3)[C@@H](C)C2=O)nc1-c1ccccc1. The fraction of sp³-hybridized carbons (Fsp3) is 0.150. The van der Waals surface area contributed by atoms with Crippen molar-refractivity contribution in [2.24, 2.45) is 11.0 Å². The van der Waals surface area contributed by atoms with Crippen molar-refractivity contribution in [2.45, 2.75) is 13.8 Å². The average Bonchev–Trinajstić information content (AvgIpc) is 3.17. The van der Waals surface area contributed by atoms with Gasteiger partial charge in [0.05, 0.1) is 17.3 Å². The molecule has 4 rings (SSSR count). The average molecular weight is 347 g/mol. The Morgan fingerprint density at radius 3 is 2.20 bits per heavy atom. The van der Waals surface area contributed by atoms with E-state index in [4.69, 9.17) is 4.98 Å². The Hall–Kier alpha value is -2.79. The maximum atomic E-state index is 12.7. The van der Waals surface area contributed by atoms with E-state index in [0.29, 0.717) is 5.13 Å². The minimum atomic E-state index is -0.271. The summed E-state index contributed by atoms with van der Waals surface area (Å²) >= 11 is 1.50. The number of aryl methyl sites for hydroxylation is 1. The second-order valence-electron chi connectivity index (χ2n) is 5.99. The highest BCUT2D eigenvalue weighted by molar-refractivity contribution is 7.16. The Labute approximate surface area is 150 Å². The zero-order valence-corrected chi connectivity index (χ0v) is 14.8. The van der Waals surface area contributed by atoms with Gasteiger partial charge in [0.15, 0.2) is 0 Å². The lowest BCUT2D eigenvalue weighted by molar-refractivity contribution is -0.119.